The lowest BCUT2D eigenvalue weighted by atomic mass is 9.97. The van der Waals surface area contributed by atoms with Crippen LogP contribution in [-0.2, 0) is 9.59 Å². The van der Waals surface area contributed by atoms with Gasteiger partial charge in [0.05, 0.1) is 12.7 Å². The smallest absolute Gasteiger partial charge is 0.335 e. The Labute approximate surface area is 248 Å². The van der Waals surface area contributed by atoms with Crippen LogP contribution in [-0.4, -0.2) is 60.1 Å². The van der Waals surface area contributed by atoms with E-state index in [2.05, 4.69) is 5.32 Å². The van der Waals surface area contributed by atoms with E-state index in [0.717, 1.165) is 31.2 Å². The zero-order chi connectivity index (χ0) is 31.8. The van der Waals surface area contributed by atoms with Crippen LogP contribution >= 0.6 is 0 Å². The molecule has 1 amide bonds. The van der Waals surface area contributed by atoms with Crippen molar-refractivity contribution in [1.29, 1.82) is 0 Å². The maximum Gasteiger partial charge on any atom is 0.335 e. The third-order valence-corrected chi connectivity index (χ3v) is 6.08. The molecule has 0 aromatic heterocycles. The summed E-state index contributed by atoms with van der Waals surface area (Å²) >= 11 is 0. The van der Waals surface area contributed by atoms with Crippen molar-refractivity contribution in [3.63, 3.8) is 0 Å². The third-order valence-electron chi connectivity index (χ3n) is 6.08. The number of benzene rings is 2. The van der Waals surface area contributed by atoms with E-state index in [-0.39, 0.29) is 11.5 Å². The SMILES string of the molecule is CCCC(=O)Nc1ccc(C=O)cc1.COc1ccc(C(=O)O)cc1.NC1CCCCC1.NCCCCC(N)C(=O)O. The maximum atomic E-state index is 11.2. The quantitative estimate of drug-likeness (QED) is 0.161. The minimum atomic E-state index is -0.933. The number of rotatable bonds is 11. The van der Waals surface area contributed by atoms with Crippen LogP contribution < -0.4 is 27.3 Å². The number of ether oxygens (including phenoxy) is 1. The molecule has 0 spiro atoms. The first-order chi connectivity index (χ1) is 20.1. The van der Waals surface area contributed by atoms with E-state index in [1.54, 1.807) is 36.4 Å². The van der Waals surface area contributed by atoms with Crippen molar-refractivity contribution in [3.8, 4) is 5.75 Å². The number of carbonyl (C=O) groups is 4. The molecule has 1 aliphatic rings. The Morgan fingerprint density at radius 3 is 2.00 bits per heavy atom. The molecule has 9 N–H and O–H groups in total. The monoisotopic (exact) mass is 588 g/mol. The van der Waals surface area contributed by atoms with Gasteiger partial charge in [0.2, 0.25) is 5.91 Å². The number of unbranched alkanes of at least 4 members (excludes halogenated alkanes) is 1. The van der Waals surface area contributed by atoms with E-state index < -0.39 is 18.0 Å². The summed E-state index contributed by atoms with van der Waals surface area (Å²) < 4.78 is 4.86. The van der Waals surface area contributed by atoms with Crippen molar-refractivity contribution in [2.24, 2.45) is 17.2 Å². The summed E-state index contributed by atoms with van der Waals surface area (Å²) in [4.78, 5) is 42.0. The molecule has 2 aromatic rings. The Morgan fingerprint density at radius 1 is 1.00 bits per heavy atom. The van der Waals surface area contributed by atoms with E-state index in [0.29, 0.717) is 36.7 Å². The second-order valence-corrected chi connectivity index (χ2v) is 9.70. The van der Waals surface area contributed by atoms with Crippen molar-refractivity contribution in [1.82, 2.24) is 0 Å². The summed E-state index contributed by atoms with van der Waals surface area (Å²) in [5, 5.41) is 19.6. The second-order valence-electron chi connectivity index (χ2n) is 9.70. The summed E-state index contributed by atoms with van der Waals surface area (Å²) in [6, 6.07) is 12.8. The maximum absolute atomic E-state index is 11.2. The molecule has 1 saturated carbocycles. The van der Waals surface area contributed by atoms with Gasteiger partial charge in [-0.3, -0.25) is 14.4 Å². The van der Waals surface area contributed by atoms with Crippen LogP contribution in [0.4, 0.5) is 5.69 Å². The largest absolute Gasteiger partial charge is 0.497 e. The highest BCUT2D eigenvalue weighted by Gasteiger charge is 2.09. The Balaban J connectivity index is 0.000000548. The number of aliphatic carboxylic acids is 1. The number of carboxylic acid groups (broad SMARTS) is 2. The first-order valence-electron chi connectivity index (χ1n) is 14.2. The summed E-state index contributed by atoms with van der Waals surface area (Å²) in [5.41, 5.74) is 17.7. The molecule has 11 nitrogen and oxygen atoms in total. The van der Waals surface area contributed by atoms with Crippen LogP contribution in [0.15, 0.2) is 48.5 Å². The predicted molar refractivity (Wildman–Crippen MR) is 165 cm³/mol. The number of nitrogens with two attached hydrogens (primary N) is 3. The Hall–Kier alpha value is -3.80. The number of anilines is 1. The van der Waals surface area contributed by atoms with Gasteiger partial charge in [-0.05, 0) is 87.2 Å². The highest BCUT2D eigenvalue weighted by molar-refractivity contribution is 5.91. The van der Waals surface area contributed by atoms with E-state index in [4.69, 9.17) is 32.2 Å². The molecule has 11 heteroatoms. The standard InChI is InChI=1S/C11H13NO2.C8H8O3.C6H14N2O2.C6H13N/c1-2-3-11(14)12-10-6-4-9(8-13)5-7-10;1-11-7-4-2-6(3-5-7)8(9)10;7-4-2-1-3-5(8)6(9)10;7-6-4-2-1-3-5-6/h4-8H,2-3H2,1H3,(H,12,14);2-5H,1H3,(H,9,10);5H,1-4,7-8H2,(H,9,10);6H,1-5,7H2. The number of aromatic carboxylic acids is 1. The Kier molecular flexibility index (Phi) is 21.7. The van der Waals surface area contributed by atoms with E-state index >= 15 is 0 Å². The average molecular weight is 589 g/mol. The Morgan fingerprint density at radius 2 is 1.60 bits per heavy atom. The molecular weight excluding hydrogens is 540 g/mol. The first-order valence-corrected chi connectivity index (χ1v) is 14.2. The van der Waals surface area contributed by atoms with E-state index in [9.17, 15) is 19.2 Å². The van der Waals surface area contributed by atoms with Crippen molar-refractivity contribution in [3.05, 3.63) is 59.7 Å². The van der Waals surface area contributed by atoms with Gasteiger partial charge in [-0.25, -0.2) is 4.79 Å². The predicted octanol–water partition coefficient (Wildman–Crippen LogP) is 4.44. The molecule has 1 atom stereocenters. The van der Waals surface area contributed by atoms with Crippen LogP contribution in [0.1, 0.15) is 91.8 Å². The van der Waals surface area contributed by atoms with Crippen molar-refractivity contribution in [2.75, 3.05) is 19.0 Å². The number of methoxy groups -OCH3 is 1. The minimum Gasteiger partial charge on any atom is -0.497 e. The van der Waals surface area contributed by atoms with Gasteiger partial charge in [0.1, 0.15) is 18.1 Å². The molecule has 3 rings (SSSR count). The van der Waals surface area contributed by atoms with Gasteiger partial charge < -0.3 is 37.5 Å². The van der Waals surface area contributed by atoms with Gasteiger partial charge in [-0.1, -0.05) is 32.6 Å². The molecule has 0 aliphatic heterocycles. The number of carbonyl (C=O) groups excluding carboxylic acids is 2. The van der Waals surface area contributed by atoms with E-state index in [1.165, 1.54) is 51.3 Å². The number of hydrogen-bond donors (Lipinski definition) is 6. The van der Waals surface area contributed by atoms with E-state index in [1.807, 2.05) is 6.92 Å². The lowest BCUT2D eigenvalue weighted by molar-refractivity contribution is -0.138. The van der Waals surface area contributed by atoms with Gasteiger partial charge in [0.25, 0.3) is 0 Å². The van der Waals surface area contributed by atoms with Crippen molar-refractivity contribution in [2.45, 2.75) is 83.2 Å². The Bertz CT molecular complexity index is 1020. The molecule has 42 heavy (non-hydrogen) atoms. The number of hydrogen-bond acceptors (Lipinski definition) is 8. The normalized spacial score (nSPS) is 12.9. The number of nitrogens with one attached hydrogen (secondary N) is 1. The molecule has 0 heterocycles. The third kappa shape index (κ3) is 19.3. The van der Waals surface area contributed by atoms with Crippen LogP contribution in [0.5, 0.6) is 5.75 Å². The minimum absolute atomic E-state index is 0.00588. The topological polar surface area (TPSA) is 208 Å². The molecular formula is C31H48N4O7. The summed E-state index contributed by atoms with van der Waals surface area (Å²) in [6.07, 6.45) is 11.0. The molecule has 1 aliphatic carbocycles. The zero-order valence-electron chi connectivity index (χ0n) is 24.8. The fourth-order valence-corrected chi connectivity index (χ4v) is 3.60. The van der Waals surface area contributed by atoms with Crippen molar-refractivity contribution >= 4 is 29.8 Å². The molecule has 1 fully saturated rings. The van der Waals surface area contributed by atoms with Gasteiger partial charge in [-0.15, -0.1) is 0 Å². The molecule has 0 radical (unpaired) electrons. The van der Waals surface area contributed by atoms with Gasteiger partial charge >= 0.3 is 11.9 Å². The number of aldehydes is 1. The number of carboxylic acids is 2. The lowest BCUT2D eigenvalue weighted by Crippen LogP contribution is -2.29. The average Bonchev–Trinajstić information content (AvgIpc) is 2.99. The fourth-order valence-electron chi connectivity index (χ4n) is 3.60. The van der Waals surface area contributed by atoms with Crippen LogP contribution in [0.3, 0.4) is 0 Å². The number of amides is 1. The summed E-state index contributed by atoms with van der Waals surface area (Å²) in [6.45, 7) is 2.56. The lowest BCUT2D eigenvalue weighted by Gasteiger charge is -2.15. The molecule has 1 unspecified atom stereocenters. The zero-order valence-corrected chi connectivity index (χ0v) is 24.8. The highest BCUT2D eigenvalue weighted by Crippen LogP contribution is 2.15. The van der Waals surface area contributed by atoms with Gasteiger partial charge in [0.15, 0.2) is 0 Å². The first kappa shape index (κ1) is 38.2. The molecule has 2 aromatic carbocycles. The molecule has 0 bridgehead atoms. The molecule has 0 saturated heterocycles. The highest BCUT2D eigenvalue weighted by atomic mass is 16.5. The van der Waals surface area contributed by atoms with Gasteiger partial charge in [-0.2, -0.15) is 0 Å². The van der Waals surface area contributed by atoms with Crippen molar-refractivity contribution < 1.29 is 34.1 Å². The van der Waals surface area contributed by atoms with Crippen LogP contribution in [0, 0.1) is 0 Å². The summed E-state index contributed by atoms with van der Waals surface area (Å²) in [7, 11) is 1.54. The second kappa shape index (κ2) is 23.9. The van der Waals surface area contributed by atoms with Crippen LogP contribution in [0.2, 0.25) is 0 Å². The summed E-state index contributed by atoms with van der Waals surface area (Å²) in [5.74, 6) is -1.19. The van der Waals surface area contributed by atoms with Gasteiger partial charge in [0, 0.05) is 23.7 Å². The van der Waals surface area contributed by atoms with Crippen LogP contribution in [0.25, 0.3) is 0 Å². The fraction of sp³-hybridized carbons (Fsp3) is 0.484. The molecule has 234 valence electrons.